The fourth-order valence-corrected chi connectivity index (χ4v) is 2.99. The van der Waals surface area contributed by atoms with Crippen LogP contribution in [0.1, 0.15) is 5.56 Å². The van der Waals surface area contributed by atoms with Crippen molar-refractivity contribution in [1.82, 2.24) is 0 Å². The maximum atomic E-state index is 11.5. The highest BCUT2D eigenvalue weighted by Gasteiger charge is 2.07. The van der Waals surface area contributed by atoms with Gasteiger partial charge in [0.25, 0.3) is 0 Å². The Morgan fingerprint density at radius 1 is 1.05 bits per heavy atom. The molecule has 0 heterocycles. The highest BCUT2D eigenvalue weighted by Crippen LogP contribution is 2.21. The zero-order chi connectivity index (χ0) is 14.8. The molecule has 0 aliphatic carbocycles. The van der Waals surface area contributed by atoms with Gasteiger partial charge in [0, 0.05) is 28.5 Å². The zero-order valence-electron chi connectivity index (χ0n) is 10.7. The van der Waals surface area contributed by atoms with Gasteiger partial charge in [-0.2, -0.15) is 0 Å². The van der Waals surface area contributed by atoms with Crippen LogP contribution in [0.15, 0.2) is 47.4 Å². The third-order valence-electron chi connectivity index (χ3n) is 2.68. The quantitative estimate of drug-likeness (QED) is 0.921. The van der Waals surface area contributed by atoms with E-state index < -0.39 is 9.84 Å². The van der Waals surface area contributed by atoms with E-state index in [9.17, 15) is 8.42 Å². The van der Waals surface area contributed by atoms with Crippen molar-refractivity contribution in [3.05, 3.63) is 58.1 Å². The zero-order valence-corrected chi connectivity index (χ0v) is 13.1. The second kappa shape index (κ2) is 6.04. The van der Waals surface area contributed by atoms with Gasteiger partial charge in [-0.05, 0) is 42.0 Å². The number of halogens is 2. The minimum atomic E-state index is -3.20. The molecule has 0 aliphatic rings. The van der Waals surface area contributed by atoms with Gasteiger partial charge in [0.15, 0.2) is 9.84 Å². The van der Waals surface area contributed by atoms with E-state index in [0.717, 1.165) is 11.3 Å². The van der Waals surface area contributed by atoms with Crippen molar-refractivity contribution in [3.8, 4) is 0 Å². The highest BCUT2D eigenvalue weighted by molar-refractivity contribution is 7.90. The molecule has 0 saturated carbocycles. The van der Waals surface area contributed by atoms with E-state index in [0.29, 0.717) is 16.6 Å². The van der Waals surface area contributed by atoms with Crippen LogP contribution in [0.2, 0.25) is 10.0 Å². The van der Waals surface area contributed by atoms with Crippen LogP contribution in [-0.4, -0.2) is 14.7 Å². The Morgan fingerprint density at radius 2 is 1.70 bits per heavy atom. The third-order valence-corrected chi connectivity index (χ3v) is 4.23. The predicted octanol–water partition coefficient (Wildman–Crippen LogP) is 4.01. The lowest BCUT2D eigenvalue weighted by molar-refractivity contribution is 0.602. The van der Waals surface area contributed by atoms with E-state index in [1.165, 1.54) is 6.26 Å². The molecule has 0 aromatic heterocycles. The summed E-state index contributed by atoms with van der Waals surface area (Å²) in [6.07, 6.45) is 1.18. The first-order valence-corrected chi connectivity index (χ1v) is 8.48. The molecule has 0 bridgehead atoms. The molecule has 0 unspecified atom stereocenters. The van der Waals surface area contributed by atoms with Crippen molar-refractivity contribution in [2.45, 2.75) is 11.4 Å². The summed E-state index contributed by atoms with van der Waals surface area (Å²) in [5, 5.41) is 4.28. The molecular weight excluding hydrogens is 317 g/mol. The van der Waals surface area contributed by atoms with Crippen LogP contribution in [0, 0.1) is 0 Å². The molecule has 0 spiro atoms. The van der Waals surface area contributed by atoms with Crippen LogP contribution >= 0.6 is 23.2 Å². The number of hydrogen-bond donors (Lipinski definition) is 1. The molecule has 3 nitrogen and oxygen atoms in total. The molecule has 0 radical (unpaired) electrons. The smallest absolute Gasteiger partial charge is 0.175 e. The molecule has 1 N–H and O–H groups in total. The Hall–Kier alpha value is -1.23. The average Bonchev–Trinajstić information content (AvgIpc) is 2.35. The van der Waals surface area contributed by atoms with Gasteiger partial charge in [-0.15, -0.1) is 0 Å². The van der Waals surface area contributed by atoms with E-state index in [1.54, 1.807) is 42.5 Å². The molecule has 0 amide bonds. The Kier molecular flexibility index (Phi) is 4.58. The van der Waals surface area contributed by atoms with Crippen molar-refractivity contribution in [2.24, 2.45) is 0 Å². The van der Waals surface area contributed by atoms with Crippen molar-refractivity contribution in [2.75, 3.05) is 11.6 Å². The molecular formula is C14H13Cl2NO2S. The largest absolute Gasteiger partial charge is 0.381 e. The van der Waals surface area contributed by atoms with E-state index in [4.69, 9.17) is 23.2 Å². The van der Waals surface area contributed by atoms with E-state index in [2.05, 4.69) is 5.32 Å². The molecule has 106 valence electrons. The van der Waals surface area contributed by atoms with Crippen molar-refractivity contribution in [1.29, 1.82) is 0 Å². The van der Waals surface area contributed by atoms with Gasteiger partial charge in [-0.25, -0.2) is 8.42 Å². The Morgan fingerprint density at radius 3 is 2.30 bits per heavy atom. The van der Waals surface area contributed by atoms with Crippen molar-refractivity contribution < 1.29 is 8.42 Å². The summed E-state index contributed by atoms with van der Waals surface area (Å²) in [7, 11) is -3.20. The molecule has 20 heavy (non-hydrogen) atoms. The topological polar surface area (TPSA) is 46.2 Å². The minimum Gasteiger partial charge on any atom is -0.381 e. The fourth-order valence-electron chi connectivity index (χ4n) is 1.75. The summed E-state index contributed by atoms with van der Waals surface area (Å²) in [6, 6.07) is 11.9. The van der Waals surface area contributed by atoms with Crippen LogP contribution in [0.5, 0.6) is 0 Å². The number of hydrogen-bond acceptors (Lipinski definition) is 3. The van der Waals surface area contributed by atoms with Crippen LogP contribution in [-0.2, 0) is 16.4 Å². The second-order valence-electron chi connectivity index (χ2n) is 4.43. The Balaban J connectivity index is 2.15. The van der Waals surface area contributed by atoms with Gasteiger partial charge in [0.2, 0.25) is 0 Å². The molecule has 2 rings (SSSR count). The summed E-state index contributed by atoms with van der Waals surface area (Å²) >= 11 is 11.9. The van der Waals surface area contributed by atoms with Crippen molar-refractivity contribution in [3.63, 3.8) is 0 Å². The SMILES string of the molecule is CS(=O)(=O)c1cccc(NCc2cc(Cl)cc(Cl)c2)c1. The van der Waals surface area contributed by atoms with Crippen LogP contribution in [0.25, 0.3) is 0 Å². The van der Waals surface area contributed by atoms with Gasteiger partial charge < -0.3 is 5.32 Å². The predicted molar refractivity (Wildman–Crippen MR) is 83.3 cm³/mol. The summed E-state index contributed by atoms with van der Waals surface area (Å²) in [5.74, 6) is 0. The van der Waals surface area contributed by atoms with Gasteiger partial charge in [0.1, 0.15) is 0 Å². The van der Waals surface area contributed by atoms with E-state index >= 15 is 0 Å². The van der Waals surface area contributed by atoms with Crippen LogP contribution in [0.3, 0.4) is 0 Å². The van der Waals surface area contributed by atoms with E-state index in [-0.39, 0.29) is 4.90 Å². The first-order valence-electron chi connectivity index (χ1n) is 5.83. The first-order chi connectivity index (χ1) is 9.34. The molecule has 2 aromatic carbocycles. The third kappa shape index (κ3) is 4.13. The fraction of sp³-hybridized carbons (Fsp3) is 0.143. The first kappa shape index (κ1) is 15.2. The minimum absolute atomic E-state index is 0.284. The van der Waals surface area contributed by atoms with Gasteiger partial charge in [-0.3, -0.25) is 0 Å². The standard InChI is InChI=1S/C14H13Cl2NO2S/c1-20(18,19)14-4-2-3-13(8-14)17-9-10-5-11(15)7-12(16)6-10/h2-8,17H,9H2,1H3. The number of nitrogens with one attached hydrogen (secondary N) is 1. The van der Waals surface area contributed by atoms with Crippen molar-refractivity contribution >= 4 is 38.7 Å². The maximum absolute atomic E-state index is 11.5. The molecule has 0 aliphatic heterocycles. The van der Waals surface area contributed by atoms with Gasteiger partial charge >= 0.3 is 0 Å². The lowest BCUT2D eigenvalue weighted by Gasteiger charge is -2.08. The Labute approximate surface area is 128 Å². The average molecular weight is 330 g/mol. The van der Waals surface area contributed by atoms with Crippen LogP contribution in [0.4, 0.5) is 5.69 Å². The number of benzene rings is 2. The molecule has 2 aromatic rings. The Bertz CT molecular complexity index is 709. The second-order valence-corrected chi connectivity index (χ2v) is 7.32. The van der Waals surface area contributed by atoms with Gasteiger partial charge in [0.05, 0.1) is 4.90 Å². The highest BCUT2D eigenvalue weighted by atomic mass is 35.5. The molecule has 6 heteroatoms. The maximum Gasteiger partial charge on any atom is 0.175 e. The summed E-state index contributed by atoms with van der Waals surface area (Å²) in [4.78, 5) is 0.284. The monoisotopic (exact) mass is 329 g/mol. The number of anilines is 1. The van der Waals surface area contributed by atoms with Gasteiger partial charge in [-0.1, -0.05) is 29.3 Å². The molecule has 0 saturated heterocycles. The molecule has 0 atom stereocenters. The number of sulfone groups is 1. The summed E-state index contributed by atoms with van der Waals surface area (Å²) in [6.45, 7) is 0.507. The summed E-state index contributed by atoms with van der Waals surface area (Å²) < 4.78 is 23.0. The molecule has 0 fully saturated rings. The lowest BCUT2D eigenvalue weighted by atomic mass is 10.2. The summed E-state index contributed by atoms with van der Waals surface area (Å²) in [5.41, 5.74) is 1.65. The van der Waals surface area contributed by atoms with E-state index in [1.807, 2.05) is 0 Å². The number of rotatable bonds is 4. The normalized spacial score (nSPS) is 11.3. The lowest BCUT2D eigenvalue weighted by Crippen LogP contribution is -2.02. The van der Waals surface area contributed by atoms with Crippen LogP contribution < -0.4 is 5.32 Å².